The maximum absolute atomic E-state index is 13.6. The Morgan fingerprint density at radius 1 is 1.29 bits per heavy atom. The Kier molecular flexibility index (Phi) is 6.41. The molecule has 1 saturated heterocycles. The summed E-state index contributed by atoms with van der Waals surface area (Å²) in [5.41, 5.74) is 2.09. The largest absolute Gasteiger partial charge is 0.375 e. The zero-order valence-electron chi connectivity index (χ0n) is 16.0. The van der Waals surface area contributed by atoms with Crippen LogP contribution >= 0.6 is 0 Å². The number of carbonyl (C=O) groups is 1. The first-order chi connectivity index (χ1) is 13.4. The van der Waals surface area contributed by atoms with Crippen LogP contribution in [-0.2, 0) is 9.53 Å². The predicted octanol–water partition coefficient (Wildman–Crippen LogP) is 4.08. The van der Waals surface area contributed by atoms with Gasteiger partial charge in [-0.1, -0.05) is 12.1 Å². The van der Waals surface area contributed by atoms with E-state index < -0.39 is 11.6 Å². The van der Waals surface area contributed by atoms with Crippen LogP contribution in [0.15, 0.2) is 48.5 Å². The van der Waals surface area contributed by atoms with Crippen molar-refractivity contribution in [1.29, 1.82) is 0 Å². The highest BCUT2D eigenvalue weighted by atomic mass is 19.1. The summed E-state index contributed by atoms with van der Waals surface area (Å²) in [5, 5.41) is 2.85. The predicted molar refractivity (Wildman–Crippen MR) is 106 cm³/mol. The molecule has 3 rings (SSSR count). The van der Waals surface area contributed by atoms with Crippen LogP contribution < -0.4 is 10.2 Å². The molecule has 28 heavy (non-hydrogen) atoms. The van der Waals surface area contributed by atoms with E-state index in [1.807, 2.05) is 32.0 Å². The fourth-order valence-electron chi connectivity index (χ4n) is 3.20. The van der Waals surface area contributed by atoms with E-state index in [2.05, 4.69) is 16.3 Å². The highest BCUT2D eigenvalue weighted by Gasteiger charge is 2.18. The number of rotatable bonds is 5. The van der Waals surface area contributed by atoms with Crippen molar-refractivity contribution in [2.45, 2.75) is 26.0 Å². The highest BCUT2D eigenvalue weighted by Crippen LogP contribution is 2.22. The number of hydrogen-bond donors (Lipinski definition) is 1. The van der Waals surface area contributed by atoms with E-state index in [1.54, 1.807) is 0 Å². The van der Waals surface area contributed by atoms with Gasteiger partial charge in [0.25, 0.3) is 0 Å². The monoisotopic (exact) mass is 386 g/mol. The molecule has 1 aliphatic rings. The second-order valence-electron chi connectivity index (χ2n) is 6.95. The van der Waals surface area contributed by atoms with Crippen molar-refractivity contribution in [2.24, 2.45) is 0 Å². The van der Waals surface area contributed by atoms with Crippen LogP contribution in [0.4, 0.5) is 14.5 Å². The minimum atomic E-state index is -0.578. The van der Waals surface area contributed by atoms with Crippen molar-refractivity contribution >= 4 is 17.7 Å². The Balaban J connectivity index is 1.64. The zero-order valence-corrected chi connectivity index (χ0v) is 16.0. The molecule has 1 aliphatic heterocycles. The standard InChI is InChI=1S/C22H24F2N2O2/c1-15-14-26(10-11-28-15)20-5-3-4-17(13-20)16(2)25-22(27)9-6-18-12-19(23)7-8-21(18)24/h3-9,12-13,15-16H,10-11,14H2,1-2H3,(H,25,27)/b9-6+/t15?,16-/m1/s1. The quantitative estimate of drug-likeness (QED) is 0.788. The van der Waals surface area contributed by atoms with Crippen molar-refractivity contribution in [1.82, 2.24) is 5.32 Å². The fourth-order valence-corrected chi connectivity index (χ4v) is 3.20. The number of amides is 1. The first-order valence-electron chi connectivity index (χ1n) is 9.32. The summed E-state index contributed by atoms with van der Waals surface area (Å²) in [6.45, 7) is 6.28. The maximum atomic E-state index is 13.6. The van der Waals surface area contributed by atoms with Crippen LogP contribution in [0.3, 0.4) is 0 Å². The average molecular weight is 386 g/mol. The van der Waals surface area contributed by atoms with Gasteiger partial charge in [-0.05, 0) is 55.8 Å². The second kappa shape index (κ2) is 8.97. The maximum Gasteiger partial charge on any atom is 0.244 e. The molecule has 2 aromatic rings. The Labute approximate surface area is 163 Å². The third-order valence-electron chi connectivity index (χ3n) is 4.71. The van der Waals surface area contributed by atoms with Crippen molar-refractivity contribution in [2.75, 3.05) is 24.6 Å². The van der Waals surface area contributed by atoms with E-state index in [4.69, 9.17) is 4.74 Å². The summed E-state index contributed by atoms with van der Waals surface area (Å²) in [5.74, 6) is -1.50. The third kappa shape index (κ3) is 5.16. The van der Waals surface area contributed by atoms with Crippen LogP contribution in [-0.4, -0.2) is 31.7 Å². The van der Waals surface area contributed by atoms with Gasteiger partial charge in [0.05, 0.1) is 18.8 Å². The molecule has 0 spiro atoms. The van der Waals surface area contributed by atoms with Crippen molar-refractivity contribution in [3.05, 3.63) is 71.3 Å². The number of morpholine rings is 1. The van der Waals surface area contributed by atoms with Gasteiger partial charge >= 0.3 is 0 Å². The van der Waals surface area contributed by atoms with E-state index in [-0.39, 0.29) is 23.6 Å². The molecule has 2 atom stereocenters. The molecule has 1 fully saturated rings. The lowest BCUT2D eigenvalue weighted by molar-refractivity contribution is -0.117. The lowest BCUT2D eigenvalue weighted by Crippen LogP contribution is -2.41. The van der Waals surface area contributed by atoms with Crippen LogP contribution in [0.5, 0.6) is 0 Å². The first kappa shape index (κ1) is 20.0. The third-order valence-corrected chi connectivity index (χ3v) is 4.71. The molecule has 1 N–H and O–H groups in total. The lowest BCUT2D eigenvalue weighted by atomic mass is 10.1. The number of anilines is 1. The van der Waals surface area contributed by atoms with Crippen LogP contribution in [0.25, 0.3) is 6.08 Å². The fraction of sp³-hybridized carbons (Fsp3) is 0.318. The van der Waals surface area contributed by atoms with Gasteiger partial charge in [0.2, 0.25) is 5.91 Å². The number of nitrogens with zero attached hydrogens (tertiary/aromatic N) is 1. The zero-order chi connectivity index (χ0) is 20.1. The molecule has 6 heteroatoms. The van der Waals surface area contributed by atoms with E-state index in [9.17, 15) is 13.6 Å². The summed E-state index contributed by atoms with van der Waals surface area (Å²) in [6, 6.07) is 10.9. The van der Waals surface area contributed by atoms with Gasteiger partial charge in [0, 0.05) is 30.4 Å². The summed E-state index contributed by atoms with van der Waals surface area (Å²) in [6.07, 6.45) is 2.66. The van der Waals surface area contributed by atoms with E-state index in [0.717, 1.165) is 42.5 Å². The number of nitrogens with one attached hydrogen (secondary N) is 1. The summed E-state index contributed by atoms with van der Waals surface area (Å²) < 4.78 is 32.4. The van der Waals surface area contributed by atoms with Crippen molar-refractivity contribution < 1.29 is 18.3 Å². The van der Waals surface area contributed by atoms with Crippen LogP contribution in [0.1, 0.15) is 31.0 Å². The number of carbonyl (C=O) groups excluding carboxylic acids is 1. The Bertz CT molecular complexity index is 869. The molecule has 4 nitrogen and oxygen atoms in total. The average Bonchev–Trinajstić information content (AvgIpc) is 2.69. The molecule has 0 radical (unpaired) electrons. The first-order valence-corrected chi connectivity index (χ1v) is 9.32. The minimum absolute atomic E-state index is 0.0336. The highest BCUT2D eigenvalue weighted by molar-refractivity contribution is 5.92. The van der Waals surface area contributed by atoms with E-state index in [1.165, 1.54) is 12.2 Å². The van der Waals surface area contributed by atoms with Gasteiger partial charge < -0.3 is 15.0 Å². The van der Waals surface area contributed by atoms with E-state index in [0.29, 0.717) is 6.61 Å². The van der Waals surface area contributed by atoms with Gasteiger partial charge in [0.1, 0.15) is 11.6 Å². The molecule has 2 aromatic carbocycles. The molecule has 0 saturated carbocycles. The van der Waals surface area contributed by atoms with Gasteiger partial charge in [-0.25, -0.2) is 8.78 Å². The minimum Gasteiger partial charge on any atom is -0.375 e. The summed E-state index contributed by atoms with van der Waals surface area (Å²) in [4.78, 5) is 14.4. The number of benzene rings is 2. The van der Waals surface area contributed by atoms with Gasteiger partial charge in [-0.2, -0.15) is 0 Å². The second-order valence-corrected chi connectivity index (χ2v) is 6.95. The van der Waals surface area contributed by atoms with E-state index >= 15 is 0 Å². The smallest absolute Gasteiger partial charge is 0.244 e. The van der Waals surface area contributed by atoms with Crippen molar-refractivity contribution in [3.63, 3.8) is 0 Å². The van der Waals surface area contributed by atoms with Crippen LogP contribution in [0.2, 0.25) is 0 Å². The number of halogens is 2. The Morgan fingerprint density at radius 3 is 2.89 bits per heavy atom. The lowest BCUT2D eigenvalue weighted by Gasteiger charge is -2.33. The van der Waals surface area contributed by atoms with Gasteiger partial charge in [0.15, 0.2) is 0 Å². The number of hydrogen-bond acceptors (Lipinski definition) is 3. The topological polar surface area (TPSA) is 41.6 Å². The summed E-state index contributed by atoms with van der Waals surface area (Å²) >= 11 is 0. The number of ether oxygens (including phenoxy) is 1. The molecule has 1 unspecified atom stereocenters. The SMILES string of the molecule is CC1CN(c2cccc([C@@H](C)NC(=O)/C=C/c3cc(F)ccc3F)c2)CCO1. The Hall–Kier alpha value is -2.73. The molecular formula is C22H24F2N2O2. The molecule has 0 aromatic heterocycles. The molecule has 0 aliphatic carbocycles. The summed E-state index contributed by atoms with van der Waals surface area (Å²) in [7, 11) is 0. The van der Waals surface area contributed by atoms with Gasteiger partial charge in [-0.15, -0.1) is 0 Å². The molecule has 1 amide bonds. The molecule has 148 valence electrons. The normalized spacial score (nSPS) is 18.3. The molecule has 1 heterocycles. The van der Waals surface area contributed by atoms with Crippen molar-refractivity contribution in [3.8, 4) is 0 Å². The molecular weight excluding hydrogens is 362 g/mol. The Morgan fingerprint density at radius 2 is 2.11 bits per heavy atom. The van der Waals surface area contributed by atoms with Crippen LogP contribution in [0, 0.1) is 11.6 Å². The van der Waals surface area contributed by atoms with Gasteiger partial charge in [-0.3, -0.25) is 4.79 Å². The molecule has 0 bridgehead atoms.